The Bertz CT molecular complexity index is 918. The summed E-state index contributed by atoms with van der Waals surface area (Å²) in [5.74, 6) is -0.330. The van der Waals surface area contributed by atoms with Crippen molar-refractivity contribution in [3.63, 3.8) is 0 Å². The summed E-state index contributed by atoms with van der Waals surface area (Å²) in [7, 11) is 0. The number of nitro groups is 1. The van der Waals surface area contributed by atoms with E-state index < -0.39 is 4.92 Å². The lowest BCUT2D eigenvalue weighted by molar-refractivity contribution is -0.390. The highest BCUT2D eigenvalue weighted by Gasteiger charge is 2.16. The minimum atomic E-state index is -0.622. The van der Waals surface area contributed by atoms with Crippen LogP contribution < -0.4 is 10.3 Å². The average Bonchev–Trinajstić information content (AvgIpc) is 2.87. The van der Waals surface area contributed by atoms with Gasteiger partial charge in [0.05, 0.1) is 5.69 Å². The van der Waals surface area contributed by atoms with Crippen LogP contribution in [0, 0.1) is 17.0 Å². The Hall–Kier alpha value is -2.81. The molecule has 112 valence electrons. The molecule has 0 spiro atoms. The zero-order valence-corrected chi connectivity index (χ0v) is 12.2. The molecule has 0 aliphatic rings. The smallest absolute Gasteiger partial charge is 0.406 e. The Morgan fingerprint density at radius 1 is 1.50 bits per heavy atom. The summed E-state index contributed by atoms with van der Waals surface area (Å²) >= 11 is 1.35. The number of hydrogen-bond acceptors (Lipinski definition) is 7. The molecule has 0 N–H and O–H groups in total. The van der Waals surface area contributed by atoms with Gasteiger partial charge in [0.2, 0.25) is 5.75 Å². The molecule has 3 aromatic heterocycles. The Kier molecular flexibility index (Phi) is 3.55. The Balaban J connectivity index is 1.89. The number of hydrogen-bond donors (Lipinski definition) is 0. The fraction of sp³-hybridized carbons (Fsp3) is 0.154. The third-order valence-corrected chi connectivity index (χ3v) is 3.87. The van der Waals surface area contributed by atoms with Crippen molar-refractivity contribution in [2.45, 2.75) is 13.5 Å². The van der Waals surface area contributed by atoms with Gasteiger partial charge in [0, 0.05) is 17.1 Å². The summed E-state index contributed by atoms with van der Waals surface area (Å²) in [6, 6.07) is 4.34. The summed E-state index contributed by atoms with van der Waals surface area (Å²) in [5.41, 5.74) is 1.01. The SMILES string of the molecule is Cc1csc2nc(COc3cccnc3[N+](=O)[O-])cc(=O)n12. The molecule has 0 amide bonds. The van der Waals surface area contributed by atoms with Crippen molar-refractivity contribution in [3.8, 4) is 5.75 Å². The molecule has 3 heterocycles. The van der Waals surface area contributed by atoms with Crippen LogP contribution >= 0.6 is 11.3 Å². The number of aryl methyl sites for hydroxylation is 1. The maximum absolute atomic E-state index is 12.0. The highest BCUT2D eigenvalue weighted by atomic mass is 32.1. The third kappa shape index (κ3) is 2.53. The largest absolute Gasteiger partial charge is 0.479 e. The highest BCUT2D eigenvalue weighted by Crippen LogP contribution is 2.23. The van der Waals surface area contributed by atoms with Crippen LogP contribution in [0.25, 0.3) is 4.96 Å². The van der Waals surface area contributed by atoms with Crippen LogP contribution in [0.5, 0.6) is 5.75 Å². The molecule has 3 aromatic rings. The standard InChI is InChI=1S/C13H10N4O4S/c1-8-7-22-13-15-9(5-11(18)16(8)13)6-21-10-3-2-4-14-12(10)17(19)20/h2-5,7H,6H2,1H3. The first kappa shape index (κ1) is 14.1. The van der Waals surface area contributed by atoms with Crippen molar-refractivity contribution in [3.05, 3.63) is 61.6 Å². The lowest BCUT2D eigenvalue weighted by atomic mass is 10.4. The van der Waals surface area contributed by atoms with E-state index in [9.17, 15) is 14.9 Å². The van der Waals surface area contributed by atoms with E-state index in [0.29, 0.717) is 10.7 Å². The lowest BCUT2D eigenvalue weighted by Crippen LogP contribution is -2.16. The Labute approximate surface area is 127 Å². The van der Waals surface area contributed by atoms with Gasteiger partial charge in [0.25, 0.3) is 5.56 Å². The molecule has 0 aliphatic carbocycles. The van der Waals surface area contributed by atoms with Gasteiger partial charge in [0.15, 0.2) is 4.96 Å². The molecule has 0 radical (unpaired) electrons. The Morgan fingerprint density at radius 2 is 2.32 bits per heavy atom. The van der Waals surface area contributed by atoms with E-state index in [1.54, 1.807) is 0 Å². The molecule has 0 saturated heterocycles. The molecule has 8 nitrogen and oxygen atoms in total. The van der Waals surface area contributed by atoms with Crippen molar-refractivity contribution in [1.29, 1.82) is 0 Å². The first-order valence-corrected chi connectivity index (χ1v) is 7.13. The quantitative estimate of drug-likeness (QED) is 0.538. The minimum Gasteiger partial charge on any atom is -0.479 e. The predicted octanol–water partition coefficient (Wildman–Crippen LogP) is 1.95. The molecule has 0 bridgehead atoms. The number of aromatic nitrogens is 3. The first-order valence-electron chi connectivity index (χ1n) is 6.25. The Morgan fingerprint density at radius 3 is 3.09 bits per heavy atom. The molecule has 0 aromatic carbocycles. The van der Waals surface area contributed by atoms with Gasteiger partial charge >= 0.3 is 5.82 Å². The first-order chi connectivity index (χ1) is 10.6. The monoisotopic (exact) mass is 318 g/mol. The van der Waals surface area contributed by atoms with Crippen molar-refractivity contribution < 1.29 is 9.66 Å². The summed E-state index contributed by atoms with van der Waals surface area (Å²) in [6.45, 7) is 1.77. The molecule has 0 fully saturated rings. The van der Waals surface area contributed by atoms with Crippen LogP contribution in [-0.2, 0) is 6.61 Å². The van der Waals surface area contributed by atoms with E-state index in [1.165, 1.54) is 40.1 Å². The van der Waals surface area contributed by atoms with E-state index in [4.69, 9.17) is 4.74 Å². The van der Waals surface area contributed by atoms with Crippen LogP contribution in [-0.4, -0.2) is 19.3 Å². The molecule has 0 aliphatic heterocycles. The maximum atomic E-state index is 12.0. The van der Waals surface area contributed by atoms with Crippen LogP contribution in [0.2, 0.25) is 0 Å². The van der Waals surface area contributed by atoms with Gasteiger partial charge in [-0.05, 0) is 29.0 Å². The lowest BCUT2D eigenvalue weighted by Gasteiger charge is -2.05. The molecular formula is C13H10N4O4S. The van der Waals surface area contributed by atoms with Crippen LogP contribution in [0.4, 0.5) is 5.82 Å². The fourth-order valence-electron chi connectivity index (χ4n) is 1.96. The second-order valence-electron chi connectivity index (χ2n) is 4.45. The number of ether oxygens (including phenoxy) is 1. The van der Waals surface area contributed by atoms with Crippen LogP contribution in [0.1, 0.15) is 11.4 Å². The predicted molar refractivity (Wildman–Crippen MR) is 79.3 cm³/mol. The van der Waals surface area contributed by atoms with Gasteiger partial charge in [-0.25, -0.2) is 4.98 Å². The van der Waals surface area contributed by atoms with Gasteiger partial charge in [0.1, 0.15) is 12.8 Å². The van der Waals surface area contributed by atoms with E-state index in [-0.39, 0.29) is 23.7 Å². The summed E-state index contributed by atoms with van der Waals surface area (Å²) in [6.07, 6.45) is 1.32. The summed E-state index contributed by atoms with van der Waals surface area (Å²) < 4.78 is 6.89. The zero-order chi connectivity index (χ0) is 15.7. The van der Waals surface area contributed by atoms with E-state index >= 15 is 0 Å². The number of rotatable bonds is 4. The van der Waals surface area contributed by atoms with E-state index in [0.717, 1.165) is 5.69 Å². The molecule has 0 saturated carbocycles. The molecule has 22 heavy (non-hydrogen) atoms. The molecule has 0 atom stereocenters. The fourth-order valence-corrected chi connectivity index (χ4v) is 2.85. The number of fused-ring (bicyclic) bond motifs is 1. The average molecular weight is 318 g/mol. The topological polar surface area (TPSA) is 99.6 Å². The summed E-state index contributed by atoms with van der Waals surface area (Å²) in [5, 5.41) is 12.7. The van der Waals surface area contributed by atoms with Crippen molar-refractivity contribution in [2.75, 3.05) is 0 Å². The van der Waals surface area contributed by atoms with Gasteiger partial charge in [-0.15, -0.1) is 11.3 Å². The van der Waals surface area contributed by atoms with E-state index in [1.807, 2.05) is 12.3 Å². The third-order valence-electron chi connectivity index (χ3n) is 2.93. The van der Waals surface area contributed by atoms with Crippen molar-refractivity contribution >= 4 is 22.1 Å². The van der Waals surface area contributed by atoms with Gasteiger partial charge in [-0.2, -0.15) is 0 Å². The number of nitrogens with zero attached hydrogens (tertiary/aromatic N) is 4. The van der Waals surface area contributed by atoms with E-state index in [2.05, 4.69) is 9.97 Å². The van der Waals surface area contributed by atoms with Gasteiger partial charge in [-0.3, -0.25) is 9.20 Å². The number of thiazole rings is 1. The molecule has 9 heteroatoms. The van der Waals surface area contributed by atoms with Gasteiger partial charge < -0.3 is 14.9 Å². The molecular weight excluding hydrogens is 308 g/mol. The van der Waals surface area contributed by atoms with Crippen LogP contribution in [0.3, 0.4) is 0 Å². The maximum Gasteiger partial charge on any atom is 0.406 e. The summed E-state index contributed by atoms with van der Waals surface area (Å²) in [4.78, 5) is 30.8. The minimum absolute atomic E-state index is 0.0388. The van der Waals surface area contributed by atoms with Gasteiger partial charge in [-0.1, -0.05) is 0 Å². The highest BCUT2D eigenvalue weighted by molar-refractivity contribution is 7.15. The molecule has 3 rings (SSSR count). The molecule has 0 unspecified atom stereocenters. The van der Waals surface area contributed by atoms with Crippen molar-refractivity contribution in [1.82, 2.24) is 14.4 Å². The second kappa shape index (κ2) is 5.53. The van der Waals surface area contributed by atoms with Crippen molar-refractivity contribution in [2.24, 2.45) is 0 Å². The number of pyridine rings is 1. The zero-order valence-electron chi connectivity index (χ0n) is 11.4. The van der Waals surface area contributed by atoms with Crippen LogP contribution in [0.15, 0.2) is 34.6 Å². The second-order valence-corrected chi connectivity index (χ2v) is 5.29. The normalized spacial score (nSPS) is 10.8.